The lowest BCUT2D eigenvalue weighted by Crippen LogP contribution is -2.30. The van der Waals surface area contributed by atoms with Crippen LogP contribution in [-0.4, -0.2) is 66.5 Å². The molecule has 0 heterocycles. The Labute approximate surface area is 476 Å². The summed E-state index contributed by atoms with van der Waals surface area (Å²) in [4.78, 5) is 48.7. The van der Waals surface area contributed by atoms with E-state index in [9.17, 15) is 28.9 Å². The molecular formula is C66H113O11P. The molecule has 0 saturated carbocycles. The Kier molecular flexibility index (Phi) is 56.8. The van der Waals surface area contributed by atoms with E-state index in [2.05, 4.69) is 106 Å². The van der Waals surface area contributed by atoms with Crippen molar-refractivity contribution in [3.8, 4) is 0 Å². The van der Waals surface area contributed by atoms with Crippen molar-refractivity contribution in [1.82, 2.24) is 0 Å². The van der Waals surface area contributed by atoms with Crippen LogP contribution < -0.4 is 0 Å². The minimum Gasteiger partial charge on any atom is -0.462 e. The molecule has 3 atom stereocenters. The molecule has 0 amide bonds. The third kappa shape index (κ3) is 57.1. The maximum absolute atomic E-state index is 12.9. The van der Waals surface area contributed by atoms with E-state index in [0.717, 1.165) is 96.3 Å². The molecule has 0 radical (unpaired) electrons. The SMILES string of the molecule is CC/C=C\C/C=C\C/C=C\C/C=C\C/C=C\CCCC(=O)OC(COC(=O)CCCCCCCCCCC/C=C\CCCCCCCC)COP(=O)(O)OCC(CO)OC(=O)CCCCCCC/C=C\C/C=C\CCCCC. The monoisotopic (exact) mass is 1110 g/mol. The molecule has 3 unspecified atom stereocenters. The number of carbonyl (C=O) groups excluding carboxylic acids is 3. The van der Waals surface area contributed by atoms with Crippen LogP contribution in [0.3, 0.4) is 0 Å². The van der Waals surface area contributed by atoms with Gasteiger partial charge in [-0.2, -0.15) is 0 Å². The van der Waals surface area contributed by atoms with E-state index < -0.39 is 57.8 Å². The molecule has 2 N–H and O–H groups in total. The van der Waals surface area contributed by atoms with Gasteiger partial charge in [-0.05, 0) is 116 Å². The summed E-state index contributed by atoms with van der Waals surface area (Å²) in [6, 6.07) is 0. The van der Waals surface area contributed by atoms with Crippen LogP contribution >= 0.6 is 7.82 Å². The molecule has 12 heteroatoms. The maximum Gasteiger partial charge on any atom is 0.472 e. The Hall–Kier alpha value is -3.60. The van der Waals surface area contributed by atoms with Gasteiger partial charge in [0.1, 0.15) is 12.7 Å². The highest BCUT2D eigenvalue weighted by Crippen LogP contribution is 2.43. The molecule has 0 rings (SSSR count). The summed E-state index contributed by atoms with van der Waals surface area (Å²) in [5.74, 6) is -1.55. The van der Waals surface area contributed by atoms with E-state index in [-0.39, 0.29) is 25.9 Å². The Balaban J connectivity index is 4.80. The van der Waals surface area contributed by atoms with Crippen LogP contribution in [0.25, 0.3) is 0 Å². The largest absolute Gasteiger partial charge is 0.472 e. The van der Waals surface area contributed by atoms with E-state index in [1.165, 1.54) is 103 Å². The third-order valence-corrected chi connectivity index (χ3v) is 13.9. The Morgan fingerprint density at radius 3 is 1.12 bits per heavy atom. The molecule has 0 aliphatic heterocycles. The topological polar surface area (TPSA) is 155 Å². The van der Waals surface area contributed by atoms with Crippen LogP contribution in [0.15, 0.2) is 97.2 Å². The van der Waals surface area contributed by atoms with E-state index in [1.807, 2.05) is 12.2 Å². The predicted molar refractivity (Wildman–Crippen MR) is 325 cm³/mol. The van der Waals surface area contributed by atoms with E-state index in [1.54, 1.807) is 0 Å². The number of hydrogen-bond acceptors (Lipinski definition) is 10. The number of unbranched alkanes of at least 4 members (excludes halogenated alkanes) is 24. The molecular weight excluding hydrogens is 1000 g/mol. The van der Waals surface area contributed by atoms with E-state index >= 15 is 0 Å². The summed E-state index contributed by atoms with van der Waals surface area (Å²) in [5, 5.41) is 9.83. The van der Waals surface area contributed by atoms with Crippen molar-refractivity contribution in [1.29, 1.82) is 0 Å². The van der Waals surface area contributed by atoms with Crippen molar-refractivity contribution in [2.45, 2.75) is 277 Å². The van der Waals surface area contributed by atoms with Gasteiger partial charge >= 0.3 is 25.7 Å². The number of carbonyl (C=O) groups is 3. The number of esters is 3. The number of hydrogen-bond donors (Lipinski definition) is 2. The fourth-order valence-electron chi connectivity index (χ4n) is 8.24. The number of aliphatic hydroxyl groups is 1. The first kappa shape index (κ1) is 74.4. The van der Waals surface area contributed by atoms with Crippen molar-refractivity contribution in [2.24, 2.45) is 0 Å². The van der Waals surface area contributed by atoms with Crippen LogP contribution in [0.2, 0.25) is 0 Å². The van der Waals surface area contributed by atoms with Crippen molar-refractivity contribution in [3.63, 3.8) is 0 Å². The molecule has 0 aromatic heterocycles. The summed E-state index contributed by atoms with van der Waals surface area (Å²) in [7, 11) is -4.78. The number of allylic oxidation sites excluding steroid dienone is 16. The number of rotatable bonds is 57. The van der Waals surface area contributed by atoms with Crippen LogP contribution in [0, 0.1) is 0 Å². The molecule has 0 spiro atoms. The zero-order valence-electron chi connectivity index (χ0n) is 49.6. The molecule has 0 aliphatic rings. The smallest absolute Gasteiger partial charge is 0.462 e. The highest BCUT2D eigenvalue weighted by Gasteiger charge is 2.28. The second-order valence-electron chi connectivity index (χ2n) is 20.5. The third-order valence-electron chi connectivity index (χ3n) is 13.0. The molecule has 448 valence electrons. The summed E-state index contributed by atoms with van der Waals surface area (Å²) >= 11 is 0. The Bertz CT molecular complexity index is 1680. The predicted octanol–water partition coefficient (Wildman–Crippen LogP) is 18.8. The highest BCUT2D eigenvalue weighted by atomic mass is 31.2. The van der Waals surface area contributed by atoms with Crippen LogP contribution in [0.1, 0.15) is 265 Å². The fraction of sp³-hybridized carbons (Fsp3) is 0.712. The van der Waals surface area contributed by atoms with E-state index in [4.69, 9.17) is 23.3 Å². The second kappa shape index (κ2) is 59.5. The normalized spacial score (nSPS) is 14.0. The lowest BCUT2D eigenvalue weighted by atomic mass is 10.1. The van der Waals surface area contributed by atoms with Gasteiger partial charge in [0.25, 0.3) is 0 Å². The van der Waals surface area contributed by atoms with Gasteiger partial charge in [0.2, 0.25) is 0 Å². The van der Waals surface area contributed by atoms with Crippen molar-refractivity contribution < 1.29 is 52.2 Å². The number of phosphoric acid groups is 1. The van der Waals surface area contributed by atoms with Gasteiger partial charge in [-0.1, -0.05) is 227 Å². The average molecular weight is 1110 g/mol. The van der Waals surface area contributed by atoms with Crippen LogP contribution in [0.4, 0.5) is 0 Å². The molecule has 0 saturated heterocycles. The standard InChI is InChI=1S/C66H113O11P/c1-4-7-10-13-16-19-22-25-28-30-31-33-35-37-40-43-46-49-52-55-64(68)73-59-63(77-66(70)57-54-51-48-45-42-39-36-32-29-26-23-20-17-14-11-8-5-2)61-75-78(71,72)74-60-62(58-67)76-65(69)56-53-50-47-44-41-38-34-27-24-21-18-15-12-9-6-3/h8,11,17-18,20-21,25-29,34,36,39,45,48,62-63,67H,4-7,9-10,12-16,19,22-24,30-33,35,37-38,40-44,46-47,49-61H2,1-3H3,(H,71,72)/b11-8-,20-17-,21-18-,28-25-,29-26-,34-27-,39-36-,48-45-. The Morgan fingerprint density at radius 1 is 0.372 bits per heavy atom. The Morgan fingerprint density at radius 2 is 0.679 bits per heavy atom. The molecule has 0 bridgehead atoms. The summed E-state index contributed by atoms with van der Waals surface area (Å²) in [6.07, 6.45) is 70.8. The van der Waals surface area contributed by atoms with Crippen LogP contribution in [0.5, 0.6) is 0 Å². The van der Waals surface area contributed by atoms with Gasteiger partial charge in [0.05, 0.1) is 19.8 Å². The molecule has 0 aromatic carbocycles. The molecule has 0 aliphatic carbocycles. The molecule has 0 fully saturated rings. The first-order chi connectivity index (χ1) is 38.2. The van der Waals surface area contributed by atoms with Crippen LogP contribution in [-0.2, 0) is 42.2 Å². The fourth-order valence-corrected chi connectivity index (χ4v) is 9.02. The highest BCUT2D eigenvalue weighted by molar-refractivity contribution is 7.47. The molecule has 78 heavy (non-hydrogen) atoms. The maximum atomic E-state index is 12.9. The van der Waals surface area contributed by atoms with Gasteiger partial charge in [0, 0.05) is 19.3 Å². The summed E-state index contributed by atoms with van der Waals surface area (Å²) in [6.45, 7) is 4.44. The summed E-state index contributed by atoms with van der Waals surface area (Å²) < 4.78 is 39.6. The minimum atomic E-state index is -4.78. The first-order valence-electron chi connectivity index (χ1n) is 31.1. The minimum absolute atomic E-state index is 0.0848. The second-order valence-corrected chi connectivity index (χ2v) is 21.9. The quantitative estimate of drug-likeness (QED) is 0.0197. The van der Waals surface area contributed by atoms with Gasteiger partial charge in [-0.25, -0.2) is 4.57 Å². The van der Waals surface area contributed by atoms with Crippen molar-refractivity contribution in [2.75, 3.05) is 26.4 Å². The lowest BCUT2D eigenvalue weighted by molar-refractivity contribution is -0.161. The van der Waals surface area contributed by atoms with Gasteiger partial charge in [0.15, 0.2) is 6.10 Å². The number of phosphoric ester groups is 1. The van der Waals surface area contributed by atoms with E-state index in [0.29, 0.717) is 25.7 Å². The van der Waals surface area contributed by atoms with Gasteiger partial charge in [-0.15, -0.1) is 0 Å². The van der Waals surface area contributed by atoms with Gasteiger partial charge in [-0.3, -0.25) is 23.4 Å². The van der Waals surface area contributed by atoms with Crippen molar-refractivity contribution >= 4 is 25.7 Å². The summed E-state index contributed by atoms with van der Waals surface area (Å²) in [5.41, 5.74) is 0. The number of ether oxygens (including phenoxy) is 3. The molecule has 0 aromatic rings. The first-order valence-corrected chi connectivity index (χ1v) is 32.6. The van der Waals surface area contributed by atoms with Crippen molar-refractivity contribution in [3.05, 3.63) is 97.2 Å². The lowest BCUT2D eigenvalue weighted by Gasteiger charge is -2.21. The average Bonchev–Trinajstić information content (AvgIpc) is 3.43. The number of aliphatic hydroxyl groups excluding tert-OH is 1. The molecule has 11 nitrogen and oxygen atoms in total. The zero-order chi connectivity index (χ0) is 56.9. The van der Waals surface area contributed by atoms with Gasteiger partial charge < -0.3 is 24.2 Å². The zero-order valence-corrected chi connectivity index (χ0v) is 50.5.